The molecule has 0 radical (unpaired) electrons. The number of halogens is 1. The maximum atomic E-state index is 12.4. The van der Waals surface area contributed by atoms with E-state index in [0.717, 1.165) is 38.3 Å². The van der Waals surface area contributed by atoms with Crippen LogP contribution in [0.4, 0.5) is 5.82 Å². The molecule has 1 saturated heterocycles. The SMILES string of the molecule is COc1nccnc1N(C)CC1CCN(C(=O)c2ccc(Br)o2)CC1. The molecular weight excluding hydrogens is 388 g/mol. The van der Waals surface area contributed by atoms with Gasteiger partial charge in [-0.05, 0) is 46.8 Å². The van der Waals surface area contributed by atoms with E-state index in [1.807, 2.05) is 11.9 Å². The molecule has 1 aliphatic rings. The number of likely N-dealkylation sites (tertiary alicyclic amines) is 1. The van der Waals surface area contributed by atoms with E-state index in [-0.39, 0.29) is 5.91 Å². The number of hydrogen-bond acceptors (Lipinski definition) is 6. The number of hydrogen-bond donors (Lipinski definition) is 0. The van der Waals surface area contributed by atoms with Crippen LogP contribution in [-0.2, 0) is 0 Å². The van der Waals surface area contributed by atoms with Crippen LogP contribution < -0.4 is 9.64 Å². The standard InChI is InChI=1S/C17H21BrN4O3/c1-21(15-16(24-2)20-8-7-19-15)11-12-5-9-22(10-6-12)17(23)13-3-4-14(18)25-13/h3-4,7-8,12H,5-6,9-11H2,1-2H3. The van der Waals surface area contributed by atoms with Gasteiger partial charge in [-0.2, -0.15) is 0 Å². The third-order valence-corrected chi connectivity index (χ3v) is 4.85. The highest BCUT2D eigenvalue weighted by Crippen LogP contribution is 2.26. The second-order valence-electron chi connectivity index (χ2n) is 6.11. The van der Waals surface area contributed by atoms with Crippen LogP contribution in [0.15, 0.2) is 33.6 Å². The molecule has 7 nitrogen and oxygen atoms in total. The van der Waals surface area contributed by atoms with Gasteiger partial charge < -0.3 is 19.0 Å². The minimum absolute atomic E-state index is 0.0481. The van der Waals surface area contributed by atoms with E-state index in [1.54, 1.807) is 31.6 Å². The number of carbonyl (C=O) groups is 1. The van der Waals surface area contributed by atoms with E-state index >= 15 is 0 Å². The quantitative estimate of drug-likeness (QED) is 0.757. The molecule has 3 heterocycles. The number of anilines is 1. The molecule has 25 heavy (non-hydrogen) atoms. The molecule has 0 unspecified atom stereocenters. The van der Waals surface area contributed by atoms with Crippen molar-refractivity contribution in [1.29, 1.82) is 0 Å². The van der Waals surface area contributed by atoms with Crippen molar-refractivity contribution in [2.75, 3.05) is 38.7 Å². The Labute approximate surface area is 155 Å². The van der Waals surface area contributed by atoms with Gasteiger partial charge in [0.05, 0.1) is 7.11 Å². The molecule has 2 aromatic heterocycles. The Balaban J connectivity index is 1.55. The number of methoxy groups -OCH3 is 1. The van der Waals surface area contributed by atoms with Crippen molar-refractivity contribution in [1.82, 2.24) is 14.9 Å². The van der Waals surface area contributed by atoms with E-state index in [2.05, 4.69) is 30.8 Å². The average Bonchev–Trinajstić information content (AvgIpc) is 3.08. The van der Waals surface area contributed by atoms with Crippen molar-refractivity contribution in [2.24, 2.45) is 5.92 Å². The Morgan fingerprint density at radius 2 is 2.08 bits per heavy atom. The molecule has 134 valence electrons. The Bertz CT molecular complexity index is 728. The van der Waals surface area contributed by atoms with Gasteiger partial charge >= 0.3 is 0 Å². The average molecular weight is 409 g/mol. The maximum absolute atomic E-state index is 12.4. The van der Waals surface area contributed by atoms with Gasteiger partial charge in [0.2, 0.25) is 0 Å². The molecule has 0 aliphatic carbocycles. The fourth-order valence-electron chi connectivity index (χ4n) is 3.10. The summed E-state index contributed by atoms with van der Waals surface area (Å²) in [6, 6.07) is 3.44. The van der Waals surface area contributed by atoms with Gasteiger partial charge in [-0.25, -0.2) is 9.97 Å². The van der Waals surface area contributed by atoms with Gasteiger partial charge in [0.15, 0.2) is 16.2 Å². The van der Waals surface area contributed by atoms with Crippen LogP contribution in [0.5, 0.6) is 5.88 Å². The first-order chi connectivity index (χ1) is 12.1. The smallest absolute Gasteiger partial charge is 0.289 e. The molecule has 0 saturated carbocycles. The fourth-order valence-corrected chi connectivity index (χ4v) is 3.41. The second kappa shape index (κ2) is 7.86. The predicted octanol–water partition coefficient (Wildman–Crippen LogP) is 2.83. The van der Waals surface area contributed by atoms with Crippen molar-refractivity contribution in [3.63, 3.8) is 0 Å². The van der Waals surface area contributed by atoms with E-state index in [1.165, 1.54) is 0 Å². The monoisotopic (exact) mass is 408 g/mol. The van der Waals surface area contributed by atoms with Crippen molar-refractivity contribution in [3.05, 3.63) is 35.0 Å². The highest BCUT2D eigenvalue weighted by molar-refractivity contribution is 9.10. The first-order valence-corrected chi connectivity index (χ1v) is 8.98. The number of ether oxygens (including phenoxy) is 1. The van der Waals surface area contributed by atoms with Gasteiger partial charge in [-0.15, -0.1) is 0 Å². The zero-order valence-electron chi connectivity index (χ0n) is 14.3. The van der Waals surface area contributed by atoms with Crippen LogP contribution in [0.1, 0.15) is 23.4 Å². The van der Waals surface area contributed by atoms with E-state index in [4.69, 9.17) is 9.15 Å². The fraction of sp³-hybridized carbons (Fsp3) is 0.471. The van der Waals surface area contributed by atoms with Gasteiger partial charge in [0.25, 0.3) is 11.8 Å². The summed E-state index contributed by atoms with van der Waals surface area (Å²) in [4.78, 5) is 24.9. The first-order valence-electron chi connectivity index (χ1n) is 8.19. The molecule has 0 bridgehead atoms. The normalized spacial score (nSPS) is 15.2. The van der Waals surface area contributed by atoms with Crippen molar-refractivity contribution in [3.8, 4) is 5.88 Å². The van der Waals surface area contributed by atoms with Gasteiger partial charge in [-0.3, -0.25) is 4.79 Å². The zero-order valence-corrected chi connectivity index (χ0v) is 15.9. The third-order valence-electron chi connectivity index (χ3n) is 4.42. The molecule has 1 aliphatic heterocycles. The number of amides is 1. The largest absolute Gasteiger partial charge is 0.478 e. The van der Waals surface area contributed by atoms with Crippen LogP contribution in [0.25, 0.3) is 0 Å². The molecule has 0 atom stereocenters. The molecule has 0 spiro atoms. The second-order valence-corrected chi connectivity index (χ2v) is 6.89. The number of furan rings is 1. The summed E-state index contributed by atoms with van der Waals surface area (Å²) in [5.41, 5.74) is 0. The summed E-state index contributed by atoms with van der Waals surface area (Å²) < 4.78 is 11.2. The van der Waals surface area contributed by atoms with Crippen LogP contribution in [0.2, 0.25) is 0 Å². The lowest BCUT2D eigenvalue weighted by Crippen LogP contribution is -2.41. The van der Waals surface area contributed by atoms with E-state index < -0.39 is 0 Å². The minimum Gasteiger partial charge on any atom is -0.478 e. The topological polar surface area (TPSA) is 71.7 Å². The summed E-state index contributed by atoms with van der Waals surface area (Å²) in [7, 11) is 3.59. The van der Waals surface area contributed by atoms with Crippen LogP contribution in [0, 0.1) is 5.92 Å². The Morgan fingerprint density at radius 3 is 2.72 bits per heavy atom. The summed E-state index contributed by atoms with van der Waals surface area (Å²) in [6.45, 7) is 2.31. The number of nitrogens with zero attached hydrogens (tertiary/aromatic N) is 4. The van der Waals surface area contributed by atoms with Crippen LogP contribution in [-0.4, -0.2) is 54.6 Å². The predicted molar refractivity (Wildman–Crippen MR) is 96.9 cm³/mol. The lowest BCUT2D eigenvalue weighted by Gasteiger charge is -2.33. The minimum atomic E-state index is -0.0481. The van der Waals surface area contributed by atoms with Gasteiger partial charge in [-0.1, -0.05) is 0 Å². The lowest BCUT2D eigenvalue weighted by atomic mass is 9.96. The van der Waals surface area contributed by atoms with Gasteiger partial charge in [0, 0.05) is 39.1 Å². The summed E-state index contributed by atoms with van der Waals surface area (Å²) in [6.07, 6.45) is 5.17. The lowest BCUT2D eigenvalue weighted by molar-refractivity contribution is 0.0659. The molecule has 8 heteroatoms. The Kier molecular flexibility index (Phi) is 5.57. The molecule has 1 fully saturated rings. The summed E-state index contributed by atoms with van der Waals surface area (Å²) in [5, 5.41) is 0. The highest BCUT2D eigenvalue weighted by atomic mass is 79.9. The van der Waals surface area contributed by atoms with Crippen molar-refractivity contribution in [2.45, 2.75) is 12.8 Å². The number of carbonyl (C=O) groups excluding carboxylic acids is 1. The Morgan fingerprint density at radius 1 is 1.36 bits per heavy atom. The molecule has 1 amide bonds. The van der Waals surface area contributed by atoms with Crippen molar-refractivity contribution >= 4 is 27.7 Å². The number of piperidine rings is 1. The maximum Gasteiger partial charge on any atom is 0.289 e. The van der Waals surface area contributed by atoms with Gasteiger partial charge in [0.1, 0.15) is 0 Å². The van der Waals surface area contributed by atoms with Crippen LogP contribution in [0.3, 0.4) is 0 Å². The summed E-state index contributed by atoms with van der Waals surface area (Å²) in [5.74, 6) is 2.09. The number of rotatable bonds is 5. The van der Waals surface area contributed by atoms with Crippen LogP contribution >= 0.6 is 15.9 Å². The zero-order chi connectivity index (χ0) is 17.8. The first kappa shape index (κ1) is 17.7. The molecule has 2 aromatic rings. The third kappa shape index (κ3) is 4.12. The summed E-state index contributed by atoms with van der Waals surface area (Å²) >= 11 is 3.23. The molecular formula is C17H21BrN4O3. The Hall–Kier alpha value is -2.09. The highest BCUT2D eigenvalue weighted by Gasteiger charge is 2.26. The molecule has 0 N–H and O–H groups in total. The molecule has 3 rings (SSSR count). The number of aromatic nitrogens is 2. The molecule has 0 aromatic carbocycles. The van der Waals surface area contributed by atoms with E-state index in [9.17, 15) is 4.79 Å². The van der Waals surface area contributed by atoms with E-state index in [0.29, 0.717) is 22.2 Å². The van der Waals surface area contributed by atoms with Crippen molar-refractivity contribution < 1.29 is 13.9 Å².